The van der Waals surface area contributed by atoms with Crippen molar-refractivity contribution < 1.29 is 19.2 Å². The lowest BCUT2D eigenvalue weighted by atomic mass is 10.00. The summed E-state index contributed by atoms with van der Waals surface area (Å²) in [7, 11) is 1.51. The van der Waals surface area contributed by atoms with Gasteiger partial charge in [0, 0.05) is 20.1 Å². The van der Waals surface area contributed by atoms with Crippen molar-refractivity contribution in [2.24, 2.45) is 11.8 Å². The zero-order valence-corrected chi connectivity index (χ0v) is 14.6. The molecule has 0 N–H and O–H groups in total. The number of imide groups is 1. The van der Waals surface area contributed by atoms with Gasteiger partial charge in [-0.15, -0.1) is 0 Å². The monoisotopic (exact) mass is 355 g/mol. The third-order valence-electron chi connectivity index (χ3n) is 4.95. The Bertz CT molecular complexity index is 737. The Hall–Kier alpha value is -2.96. The van der Waals surface area contributed by atoms with Crippen molar-refractivity contribution in [3.05, 3.63) is 48.6 Å². The van der Waals surface area contributed by atoms with Gasteiger partial charge in [0.1, 0.15) is 0 Å². The SMILES string of the molecule is C=CC(=O)N(C)CC(=O)N1C[C@@H]2C(=O)N(Cc3ccccc3)C(=O)[C@@H]2C1. The molecule has 7 nitrogen and oxygen atoms in total. The summed E-state index contributed by atoms with van der Waals surface area (Å²) in [5.74, 6) is -2.05. The van der Waals surface area contributed by atoms with E-state index in [1.54, 1.807) is 0 Å². The van der Waals surface area contributed by atoms with Crippen molar-refractivity contribution in [1.29, 1.82) is 0 Å². The molecule has 2 aliphatic heterocycles. The highest BCUT2D eigenvalue weighted by Crippen LogP contribution is 2.34. The first-order valence-corrected chi connectivity index (χ1v) is 8.46. The van der Waals surface area contributed by atoms with Gasteiger partial charge in [-0.05, 0) is 11.6 Å². The van der Waals surface area contributed by atoms with Gasteiger partial charge in [0.05, 0.1) is 24.9 Å². The summed E-state index contributed by atoms with van der Waals surface area (Å²) in [6.07, 6.45) is 1.14. The number of carbonyl (C=O) groups excluding carboxylic acids is 4. The number of likely N-dealkylation sites (tertiary alicyclic amines) is 2. The molecule has 3 rings (SSSR count). The van der Waals surface area contributed by atoms with Gasteiger partial charge in [-0.3, -0.25) is 24.1 Å². The zero-order valence-electron chi connectivity index (χ0n) is 14.6. The summed E-state index contributed by atoms with van der Waals surface area (Å²) >= 11 is 0. The molecule has 0 spiro atoms. The van der Waals surface area contributed by atoms with Crippen LogP contribution in [-0.2, 0) is 25.7 Å². The van der Waals surface area contributed by atoms with E-state index in [0.717, 1.165) is 11.6 Å². The summed E-state index contributed by atoms with van der Waals surface area (Å²) < 4.78 is 0. The normalized spacial score (nSPS) is 21.7. The van der Waals surface area contributed by atoms with Crippen molar-refractivity contribution in [2.75, 3.05) is 26.7 Å². The predicted octanol–water partition coefficient (Wildman–Crippen LogP) is 0.274. The molecule has 7 heteroatoms. The van der Waals surface area contributed by atoms with Crippen LogP contribution in [-0.4, -0.2) is 65.0 Å². The smallest absolute Gasteiger partial charge is 0.246 e. The van der Waals surface area contributed by atoms with Crippen LogP contribution in [0.5, 0.6) is 0 Å². The molecule has 0 radical (unpaired) electrons. The largest absolute Gasteiger partial charge is 0.340 e. The molecule has 26 heavy (non-hydrogen) atoms. The lowest BCUT2D eigenvalue weighted by molar-refractivity contribution is -0.142. The molecule has 0 bridgehead atoms. The van der Waals surface area contributed by atoms with E-state index in [0.29, 0.717) is 0 Å². The Balaban J connectivity index is 1.63. The van der Waals surface area contributed by atoms with Crippen LogP contribution in [0.4, 0.5) is 0 Å². The average molecular weight is 355 g/mol. The number of fused-ring (bicyclic) bond motifs is 1. The Labute approximate surface area is 151 Å². The van der Waals surface area contributed by atoms with Crippen LogP contribution in [0.1, 0.15) is 5.56 Å². The molecule has 136 valence electrons. The maximum Gasteiger partial charge on any atom is 0.246 e. The van der Waals surface area contributed by atoms with Crippen LogP contribution in [0.3, 0.4) is 0 Å². The second-order valence-corrected chi connectivity index (χ2v) is 6.66. The second-order valence-electron chi connectivity index (χ2n) is 6.66. The molecule has 4 amide bonds. The van der Waals surface area contributed by atoms with Crippen molar-refractivity contribution in [2.45, 2.75) is 6.54 Å². The highest BCUT2D eigenvalue weighted by molar-refractivity contribution is 6.06. The predicted molar refractivity (Wildman–Crippen MR) is 93.4 cm³/mol. The fraction of sp³-hybridized carbons (Fsp3) is 0.368. The first-order chi connectivity index (χ1) is 12.4. The number of amides is 4. The minimum absolute atomic E-state index is 0.0968. The van der Waals surface area contributed by atoms with Crippen molar-refractivity contribution in [3.63, 3.8) is 0 Å². The summed E-state index contributed by atoms with van der Waals surface area (Å²) in [5, 5.41) is 0. The van der Waals surface area contributed by atoms with Crippen molar-refractivity contribution >= 4 is 23.6 Å². The van der Waals surface area contributed by atoms with Gasteiger partial charge in [0.2, 0.25) is 23.6 Å². The van der Waals surface area contributed by atoms with Crippen LogP contribution in [0.25, 0.3) is 0 Å². The minimum Gasteiger partial charge on any atom is -0.340 e. The van der Waals surface area contributed by atoms with Gasteiger partial charge in [0.15, 0.2) is 0 Å². The first kappa shape index (κ1) is 17.8. The summed E-state index contributed by atoms with van der Waals surface area (Å²) in [4.78, 5) is 53.2. The molecule has 2 atom stereocenters. The molecule has 2 fully saturated rings. The quantitative estimate of drug-likeness (QED) is 0.561. The number of hydrogen-bond donors (Lipinski definition) is 0. The molecule has 2 aliphatic rings. The van der Waals surface area contributed by atoms with E-state index in [-0.39, 0.29) is 49.8 Å². The molecule has 0 aromatic heterocycles. The number of carbonyl (C=O) groups is 4. The number of rotatable bonds is 5. The Kier molecular flexibility index (Phi) is 4.88. The van der Waals surface area contributed by atoms with E-state index < -0.39 is 11.8 Å². The van der Waals surface area contributed by atoms with Gasteiger partial charge in [-0.1, -0.05) is 36.9 Å². The topological polar surface area (TPSA) is 78.0 Å². The molecule has 2 saturated heterocycles. The second kappa shape index (κ2) is 7.11. The molecule has 0 unspecified atom stereocenters. The third-order valence-corrected chi connectivity index (χ3v) is 4.95. The Morgan fingerprint density at radius 3 is 2.27 bits per heavy atom. The summed E-state index contributed by atoms with van der Waals surface area (Å²) in [6.45, 7) is 3.98. The van der Waals surface area contributed by atoms with Crippen LogP contribution in [0.15, 0.2) is 43.0 Å². The van der Waals surface area contributed by atoms with Crippen LogP contribution in [0.2, 0.25) is 0 Å². The Morgan fingerprint density at radius 2 is 1.73 bits per heavy atom. The molecular formula is C19H21N3O4. The number of nitrogens with zero attached hydrogens (tertiary/aromatic N) is 3. The van der Waals surface area contributed by atoms with Gasteiger partial charge in [0.25, 0.3) is 0 Å². The fourth-order valence-corrected chi connectivity index (χ4v) is 3.48. The van der Waals surface area contributed by atoms with Gasteiger partial charge >= 0.3 is 0 Å². The molecule has 0 saturated carbocycles. The number of benzene rings is 1. The van der Waals surface area contributed by atoms with E-state index in [2.05, 4.69) is 6.58 Å². The standard InChI is InChI=1S/C19H21N3O4/c1-3-16(23)20(2)12-17(24)21-10-14-15(11-21)19(26)22(18(14)25)9-13-7-5-4-6-8-13/h3-8,14-15H,1,9-12H2,2H3/t14-,15+. The van der Waals surface area contributed by atoms with Crippen molar-refractivity contribution in [1.82, 2.24) is 14.7 Å². The zero-order chi connectivity index (χ0) is 18.8. The van der Waals surface area contributed by atoms with E-state index in [9.17, 15) is 19.2 Å². The highest BCUT2D eigenvalue weighted by atomic mass is 16.2. The fourth-order valence-electron chi connectivity index (χ4n) is 3.48. The maximum absolute atomic E-state index is 12.6. The van der Waals surface area contributed by atoms with Crippen molar-refractivity contribution in [3.8, 4) is 0 Å². The molecule has 1 aromatic carbocycles. The third kappa shape index (κ3) is 3.24. The van der Waals surface area contributed by atoms with E-state index >= 15 is 0 Å². The lowest BCUT2D eigenvalue weighted by Gasteiger charge is -2.23. The van der Waals surface area contributed by atoms with Crippen LogP contribution < -0.4 is 0 Å². The number of likely N-dealkylation sites (N-methyl/N-ethyl adjacent to an activating group) is 1. The van der Waals surface area contributed by atoms with Crippen LogP contribution in [0, 0.1) is 11.8 Å². The first-order valence-electron chi connectivity index (χ1n) is 8.46. The van der Waals surface area contributed by atoms with Gasteiger partial charge < -0.3 is 9.80 Å². The molecular weight excluding hydrogens is 334 g/mol. The minimum atomic E-state index is -0.490. The van der Waals surface area contributed by atoms with Crippen LogP contribution >= 0.6 is 0 Å². The highest BCUT2D eigenvalue weighted by Gasteiger charge is 2.53. The van der Waals surface area contributed by atoms with E-state index in [1.165, 1.54) is 21.7 Å². The van der Waals surface area contributed by atoms with E-state index in [1.807, 2.05) is 30.3 Å². The maximum atomic E-state index is 12.6. The number of hydrogen-bond acceptors (Lipinski definition) is 4. The Morgan fingerprint density at radius 1 is 1.15 bits per heavy atom. The average Bonchev–Trinajstić information content (AvgIpc) is 3.18. The summed E-state index contributed by atoms with van der Waals surface area (Å²) in [5.41, 5.74) is 0.895. The summed E-state index contributed by atoms with van der Waals surface area (Å²) in [6, 6.07) is 9.35. The molecule has 0 aliphatic carbocycles. The van der Waals surface area contributed by atoms with E-state index in [4.69, 9.17) is 0 Å². The lowest BCUT2D eigenvalue weighted by Crippen LogP contribution is -2.42. The molecule has 1 aromatic rings. The molecule has 2 heterocycles. The van der Waals surface area contributed by atoms with Gasteiger partial charge in [-0.25, -0.2) is 0 Å². The van der Waals surface area contributed by atoms with Gasteiger partial charge in [-0.2, -0.15) is 0 Å².